The Morgan fingerprint density at radius 1 is 1.41 bits per heavy atom. The zero-order chi connectivity index (χ0) is 13.1. The Morgan fingerprint density at radius 3 is 2.53 bits per heavy atom. The first-order valence-electron chi connectivity index (χ1n) is 4.41. The zero-order valence-electron chi connectivity index (χ0n) is 8.69. The maximum absolute atomic E-state index is 12.4. The molecular weight excluding hydrogens is 239 g/mol. The molecule has 1 rings (SSSR count). The lowest BCUT2D eigenvalue weighted by Gasteiger charge is -2.09. The van der Waals surface area contributed by atoms with Crippen molar-refractivity contribution in [2.45, 2.75) is 6.18 Å². The van der Waals surface area contributed by atoms with Crippen LogP contribution in [0.5, 0.6) is 5.75 Å². The lowest BCUT2D eigenvalue weighted by atomic mass is 10.1. The van der Waals surface area contributed by atoms with E-state index >= 15 is 0 Å². The molecule has 0 saturated heterocycles. The van der Waals surface area contributed by atoms with Gasteiger partial charge in [0.2, 0.25) is 6.20 Å². The zero-order valence-corrected chi connectivity index (χ0v) is 8.69. The SMILES string of the molecule is COc1ccc(C(F)(F)F)cc1/C=C/[N+](=O)[O-]. The maximum atomic E-state index is 12.4. The molecule has 4 nitrogen and oxygen atoms in total. The Balaban J connectivity index is 3.20. The Bertz CT molecular complexity index is 455. The van der Waals surface area contributed by atoms with Crippen molar-refractivity contribution in [3.05, 3.63) is 45.6 Å². The summed E-state index contributed by atoms with van der Waals surface area (Å²) in [5.74, 6) is 0.135. The normalized spacial score (nSPS) is 11.8. The third-order valence-corrected chi connectivity index (χ3v) is 1.93. The molecule has 0 atom stereocenters. The van der Waals surface area contributed by atoms with E-state index in [4.69, 9.17) is 4.74 Å². The van der Waals surface area contributed by atoms with Gasteiger partial charge in [0.15, 0.2) is 0 Å². The molecule has 0 aromatic heterocycles. The molecule has 0 aliphatic heterocycles. The lowest BCUT2D eigenvalue weighted by Crippen LogP contribution is -2.05. The van der Waals surface area contributed by atoms with Gasteiger partial charge >= 0.3 is 6.18 Å². The van der Waals surface area contributed by atoms with E-state index in [0.29, 0.717) is 6.20 Å². The number of hydrogen-bond acceptors (Lipinski definition) is 3. The number of hydrogen-bond donors (Lipinski definition) is 0. The number of alkyl halides is 3. The minimum absolute atomic E-state index is 0.000903. The Kier molecular flexibility index (Phi) is 3.72. The Hall–Kier alpha value is -2.05. The molecule has 0 amide bonds. The van der Waals surface area contributed by atoms with E-state index in [2.05, 4.69) is 0 Å². The van der Waals surface area contributed by atoms with E-state index in [1.807, 2.05) is 0 Å². The Morgan fingerprint density at radius 2 is 2.06 bits per heavy atom. The van der Waals surface area contributed by atoms with Crippen LogP contribution in [0.3, 0.4) is 0 Å². The highest BCUT2D eigenvalue weighted by atomic mass is 19.4. The highest BCUT2D eigenvalue weighted by Crippen LogP contribution is 2.32. The van der Waals surface area contributed by atoms with E-state index in [9.17, 15) is 23.3 Å². The van der Waals surface area contributed by atoms with Crippen molar-refractivity contribution in [3.63, 3.8) is 0 Å². The second-order valence-electron chi connectivity index (χ2n) is 3.06. The van der Waals surface area contributed by atoms with E-state index < -0.39 is 16.7 Å². The van der Waals surface area contributed by atoms with Crippen molar-refractivity contribution in [1.29, 1.82) is 0 Å². The predicted molar refractivity (Wildman–Crippen MR) is 54.0 cm³/mol. The molecule has 0 unspecified atom stereocenters. The smallest absolute Gasteiger partial charge is 0.416 e. The van der Waals surface area contributed by atoms with Gasteiger partial charge in [-0.3, -0.25) is 10.1 Å². The summed E-state index contributed by atoms with van der Waals surface area (Å²) in [5, 5.41) is 10.1. The largest absolute Gasteiger partial charge is 0.496 e. The van der Waals surface area contributed by atoms with Gasteiger partial charge in [-0.1, -0.05) is 0 Å². The molecule has 0 fully saturated rings. The molecule has 7 heteroatoms. The topological polar surface area (TPSA) is 52.4 Å². The van der Waals surface area contributed by atoms with Gasteiger partial charge in [0.25, 0.3) is 0 Å². The number of methoxy groups -OCH3 is 1. The number of benzene rings is 1. The van der Waals surface area contributed by atoms with Crippen LogP contribution in [0.4, 0.5) is 13.2 Å². The number of halogens is 3. The molecule has 0 spiro atoms. The van der Waals surface area contributed by atoms with Crippen molar-refractivity contribution >= 4 is 6.08 Å². The molecule has 0 saturated carbocycles. The number of nitro groups is 1. The minimum Gasteiger partial charge on any atom is -0.496 e. The quantitative estimate of drug-likeness (QED) is 0.609. The van der Waals surface area contributed by atoms with Crippen LogP contribution >= 0.6 is 0 Å². The molecule has 0 aliphatic rings. The van der Waals surface area contributed by atoms with E-state index in [1.54, 1.807) is 0 Å². The first-order chi connectivity index (χ1) is 7.84. The van der Waals surface area contributed by atoms with Crippen molar-refractivity contribution in [2.75, 3.05) is 7.11 Å². The average molecular weight is 247 g/mol. The molecule has 0 bridgehead atoms. The first kappa shape index (κ1) is 13.0. The monoisotopic (exact) mass is 247 g/mol. The van der Waals surface area contributed by atoms with Gasteiger partial charge in [0.1, 0.15) is 5.75 Å². The van der Waals surface area contributed by atoms with Crippen LogP contribution in [0.2, 0.25) is 0 Å². The van der Waals surface area contributed by atoms with Gasteiger partial charge in [-0.15, -0.1) is 0 Å². The number of rotatable bonds is 3. The van der Waals surface area contributed by atoms with E-state index in [-0.39, 0.29) is 11.3 Å². The fourth-order valence-electron chi connectivity index (χ4n) is 1.18. The van der Waals surface area contributed by atoms with Crippen LogP contribution < -0.4 is 4.74 Å². The molecular formula is C10H8F3NO3. The van der Waals surface area contributed by atoms with E-state index in [1.165, 1.54) is 7.11 Å². The molecule has 0 N–H and O–H groups in total. The van der Waals surface area contributed by atoms with Gasteiger partial charge < -0.3 is 4.74 Å². The van der Waals surface area contributed by atoms with Crippen molar-refractivity contribution in [1.82, 2.24) is 0 Å². The van der Waals surface area contributed by atoms with E-state index in [0.717, 1.165) is 24.3 Å². The molecule has 17 heavy (non-hydrogen) atoms. The Labute approximate surface area is 94.5 Å². The fourth-order valence-corrected chi connectivity index (χ4v) is 1.18. The summed E-state index contributed by atoms with van der Waals surface area (Å²) in [6, 6.07) is 2.75. The summed E-state index contributed by atoms with van der Waals surface area (Å²) >= 11 is 0. The summed E-state index contributed by atoms with van der Waals surface area (Å²) in [6.07, 6.45) is -2.99. The summed E-state index contributed by atoms with van der Waals surface area (Å²) in [5.41, 5.74) is -0.889. The average Bonchev–Trinajstić information content (AvgIpc) is 2.24. The third-order valence-electron chi connectivity index (χ3n) is 1.93. The van der Waals surface area contributed by atoms with Crippen molar-refractivity contribution in [2.24, 2.45) is 0 Å². The summed E-state index contributed by atoms with van der Waals surface area (Å²) < 4.78 is 42.0. The van der Waals surface area contributed by atoms with Crippen LogP contribution in [0.1, 0.15) is 11.1 Å². The molecule has 1 aromatic rings. The fraction of sp³-hybridized carbons (Fsp3) is 0.200. The highest BCUT2D eigenvalue weighted by molar-refractivity contribution is 5.58. The van der Waals surface area contributed by atoms with Gasteiger partial charge in [-0.2, -0.15) is 13.2 Å². The second kappa shape index (κ2) is 4.86. The first-order valence-corrected chi connectivity index (χ1v) is 4.41. The number of nitrogens with zero attached hydrogens (tertiary/aromatic N) is 1. The molecule has 0 radical (unpaired) electrons. The number of ether oxygens (including phenoxy) is 1. The summed E-state index contributed by atoms with van der Waals surface area (Å²) in [6.45, 7) is 0. The van der Waals surface area contributed by atoms with Crippen LogP contribution in [-0.2, 0) is 6.18 Å². The minimum atomic E-state index is -4.50. The van der Waals surface area contributed by atoms with Crippen LogP contribution in [0.25, 0.3) is 6.08 Å². The second-order valence-corrected chi connectivity index (χ2v) is 3.06. The third kappa shape index (κ3) is 3.47. The van der Waals surface area contributed by atoms with Crippen molar-refractivity contribution in [3.8, 4) is 5.75 Å². The lowest BCUT2D eigenvalue weighted by molar-refractivity contribution is -0.400. The van der Waals surface area contributed by atoms with Crippen LogP contribution in [-0.4, -0.2) is 12.0 Å². The predicted octanol–water partition coefficient (Wildman–Crippen LogP) is 2.96. The highest BCUT2D eigenvalue weighted by Gasteiger charge is 2.30. The van der Waals surface area contributed by atoms with Gasteiger partial charge in [0, 0.05) is 11.6 Å². The van der Waals surface area contributed by atoms with Crippen LogP contribution in [0.15, 0.2) is 24.4 Å². The van der Waals surface area contributed by atoms with Gasteiger partial charge in [-0.05, 0) is 18.2 Å². The standard InChI is InChI=1S/C10H8F3NO3/c1-17-9-3-2-8(10(11,12)13)6-7(9)4-5-14(15)16/h2-6H,1H3/b5-4+. The van der Waals surface area contributed by atoms with Gasteiger partial charge in [0.05, 0.1) is 17.6 Å². The molecule has 0 aliphatic carbocycles. The van der Waals surface area contributed by atoms with Gasteiger partial charge in [-0.25, -0.2) is 0 Å². The van der Waals surface area contributed by atoms with Crippen molar-refractivity contribution < 1.29 is 22.8 Å². The molecule has 92 valence electrons. The summed E-state index contributed by atoms with van der Waals surface area (Å²) in [7, 11) is 1.27. The maximum Gasteiger partial charge on any atom is 0.416 e. The molecule has 1 aromatic carbocycles. The van der Waals surface area contributed by atoms with Crippen LogP contribution in [0, 0.1) is 10.1 Å². The molecule has 0 heterocycles. The summed E-state index contributed by atoms with van der Waals surface area (Å²) in [4.78, 5) is 9.35.